The van der Waals surface area contributed by atoms with Gasteiger partial charge in [0.05, 0.1) is 20.1 Å². The predicted molar refractivity (Wildman–Crippen MR) is 200 cm³/mol. The minimum absolute atomic E-state index is 0.151. The van der Waals surface area contributed by atoms with Crippen molar-refractivity contribution in [1.82, 2.24) is 0 Å². The van der Waals surface area contributed by atoms with E-state index in [-0.39, 0.29) is 5.91 Å². The number of amides is 1. The summed E-state index contributed by atoms with van der Waals surface area (Å²) >= 11 is 0. The predicted octanol–water partition coefficient (Wildman–Crippen LogP) is 12.5. The summed E-state index contributed by atoms with van der Waals surface area (Å²) < 4.78 is 1.14. The van der Waals surface area contributed by atoms with Crippen molar-refractivity contribution in [3.8, 4) is 0 Å². The molecule has 45 heavy (non-hydrogen) atoms. The van der Waals surface area contributed by atoms with Crippen molar-refractivity contribution >= 4 is 11.7 Å². The Morgan fingerprint density at radius 2 is 1.02 bits per heavy atom. The summed E-state index contributed by atoms with van der Waals surface area (Å²) in [7, 11) is 2.47. The van der Waals surface area contributed by atoms with E-state index in [0.29, 0.717) is 6.42 Å². The summed E-state index contributed by atoms with van der Waals surface area (Å²) in [6.45, 7) is 8.38. The minimum atomic E-state index is -0.151. The number of carbonyl (C=O) groups excluding carboxylic acids is 1. The fourth-order valence-corrected chi connectivity index (χ4v) is 7.33. The SMILES string of the molecule is CCCCCCCCCCCCCCCCCC1=NCC[N+]1(C)CCC(C)CCCCCCCCCCCCCCCC(N)=O. The van der Waals surface area contributed by atoms with Gasteiger partial charge in [0, 0.05) is 12.8 Å². The first-order valence-electron chi connectivity index (χ1n) is 20.6. The second-order valence-electron chi connectivity index (χ2n) is 15.3. The Balaban J connectivity index is 1.91. The van der Waals surface area contributed by atoms with Crippen molar-refractivity contribution in [3.63, 3.8) is 0 Å². The number of primary amides is 1. The van der Waals surface area contributed by atoms with Gasteiger partial charge in [-0.2, -0.15) is 0 Å². The number of quaternary nitrogens is 1. The summed E-state index contributed by atoms with van der Waals surface area (Å²) in [5, 5.41) is 0. The lowest BCUT2D eigenvalue weighted by Gasteiger charge is -2.31. The van der Waals surface area contributed by atoms with E-state index < -0.39 is 0 Å². The van der Waals surface area contributed by atoms with Gasteiger partial charge in [-0.05, 0) is 25.2 Å². The molecule has 0 aliphatic carbocycles. The van der Waals surface area contributed by atoms with Crippen LogP contribution in [0.15, 0.2) is 4.99 Å². The summed E-state index contributed by atoms with van der Waals surface area (Å²) in [6.07, 6.45) is 43.5. The van der Waals surface area contributed by atoms with Gasteiger partial charge in [0.2, 0.25) is 5.91 Å². The number of unbranched alkanes of at least 4 members (excludes halogenated alkanes) is 26. The Labute approximate surface area is 283 Å². The molecule has 0 aromatic heterocycles. The molecule has 1 amide bonds. The molecule has 2 unspecified atom stereocenters. The van der Waals surface area contributed by atoms with Gasteiger partial charge >= 0.3 is 0 Å². The van der Waals surface area contributed by atoms with E-state index in [0.717, 1.165) is 29.8 Å². The number of aliphatic imine (C=N–C) groups is 1. The van der Waals surface area contributed by atoms with Crippen LogP contribution in [-0.2, 0) is 4.79 Å². The smallest absolute Gasteiger partial charge is 0.217 e. The molecule has 0 fully saturated rings. The number of hydrogen-bond donors (Lipinski definition) is 1. The van der Waals surface area contributed by atoms with Gasteiger partial charge in [-0.25, -0.2) is 4.99 Å². The number of hydrogen-bond acceptors (Lipinski definition) is 2. The molecule has 2 N–H and O–H groups in total. The van der Waals surface area contributed by atoms with Gasteiger partial charge in [0.1, 0.15) is 6.54 Å². The van der Waals surface area contributed by atoms with Gasteiger partial charge in [0.15, 0.2) is 5.84 Å². The van der Waals surface area contributed by atoms with E-state index in [1.807, 2.05) is 0 Å². The molecule has 4 heteroatoms. The molecular weight excluding hydrogens is 550 g/mol. The molecule has 266 valence electrons. The van der Waals surface area contributed by atoms with E-state index in [9.17, 15) is 4.79 Å². The lowest BCUT2D eigenvalue weighted by Crippen LogP contribution is -2.48. The zero-order valence-corrected chi connectivity index (χ0v) is 31.2. The molecule has 0 bridgehead atoms. The van der Waals surface area contributed by atoms with Crippen molar-refractivity contribution in [2.75, 3.05) is 26.7 Å². The van der Waals surface area contributed by atoms with Crippen LogP contribution < -0.4 is 5.73 Å². The summed E-state index contributed by atoms with van der Waals surface area (Å²) in [5.41, 5.74) is 5.20. The van der Waals surface area contributed by atoms with E-state index in [1.165, 1.54) is 205 Å². The highest BCUT2D eigenvalue weighted by Gasteiger charge is 2.33. The van der Waals surface area contributed by atoms with Crippen molar-refractivity contribution in [2.24, 2.45) is 16.6 Å². The average Bonchev–Trinajstić information content (AvgIpc) is 3.39. The summed E-state index contributed by atoms with van der Waals surface area (Å²) in [6, 6.07) is 0. The largest absolute Gasteiger partial charge is 0.370 e. The highest BCUT2D eigenvalue weighted by Crippen LogP contribution is 2.23. The maximum absolute atomic E-state index is 10.8. The maximum Gasteiger partial charge on any atom is 0.217 e. The Hall–Kier alpha value is -0.900. The standard InChI is InChI=1S/C41H81N3O/c1-4-5-6-7-8-9-10-11-12-16-19-22-25-28-31-34-41-43-36-38-44(41,3)37-35-39(2)32-29-26-23-20-17-14-13-15-18-21-24-27-30-33-40(42)45/h39H,4-38H2,1-3H3,(H-,42,45)/p+1. The van der Waals surface area contributed by atoms with E-state index in [1.54, 1.807) is 0 Å². The van der Waals surface area contributed by atoms with Crippen LogP contribution in [0.4, 0.5) is 0 Å². The second kappa shape index (κ2) is 30.4. The number of likely N-dealkylation sites (N-methyl/N-ethyl adjacent to an activating group) is 1. The number of rotatable bonds is 35. The first-order chi connectivity index (χ1) is 22.0. The van der Waals surface area contributed by atoms with Crippen LogP contribution in [0.3, 0.4) is 0 Å². The zero-order valence-electron chi connectivity index (χ0n) is 31.2. The Kier molecular flexibility index (Phi) is 28.5. The quantitative estimate of drug-likeness (QED) is 0.0548. The van der Waals surface area contributed by atoms with E-state index in [4.69, 9.17) is 10.7 Å². The van der Waals surface area contributed by atoms with Crippen LogP contribution in [-0.4, -0.2) is 42.9 Å². The topological polar surface area (TPSA) is 55.4 Å². The van der Waals surface area contributed by atoms with Crippen LogP contribution in [0, 0.1) is 5.92 Å². The van der Waals surface area contributed by atoms with Crippen LogP contribution in [0.1, 0.15) is 219 Å². The fourth-order valence-electron chi connectivity index (χ4n) is 7.33. The maximum atomic E-state index is 10.8. The minimum Gasteiger partial charge on any atom is -0.370 e. The van der Waals surface area contributed by atoms with Crippen molar-refractivity contribution < 1.29 is 9.28 Å². The normalized spacial score (nSPS) is 17.2. The Morgan fingerprint density at radius 3 is 1.47 bits per heavy atom. The Bertz CT molecular complexity index is 692. The number of nitrogens with zero attached hydrogens (tertiary/aromatic N) is 2. The lowest BCUT2D eigenvalue weighted by molar-refractivity contribution is -0.816. The summed E-state index contributed by atoms with van der Waals surface area (Å²) in [5.74, 6) is 2.21. The van der Waals surface area contributed by atoms with E-state index >= 15 is 0 Å². The van der Waals surface area contributed by atoms with Gasteiger partial charge in [0.25, 0.3) is 0 Å². The third kappa shape index (κ3) is 25.8. The zero-order chi connectivity index (χ0) is 32.7. The van der Waals surface area contributed by atoms with Crippen LogP contribution in [0.25, 0.3) is 0 Å². The number of nitrogens with two attached hydrogens (primary N) is 1. The monoisotopic (exact) mass is 633 g/mol. The molecule has 0 aromatic carbocycles. The molecule has 0 aromatic rings. The van der Waals surface area contributed by atoms with Gasteiger partial charge < -0.3 is 5.73 Å². The van der Waals surface area contributed by atoms with Gasteiger partial charge in [-0.1, -0.05) is 187 Å². The number of amidine groups is 1. The fraction of sp³-hybridized carbons (Fsp3) is 0.951. The second-order valence-corrected chi connectivity index (χ2v) is 15.3. The highest BCUT2D eigenvalue weighted by atomic mass is 16.1. The summed E-state index contributed by atoms with van der Waals surface area (Å²) in [4.78, 5) is 15.7. The van der Waals surface area contributed by atoms with Crippen molar-refractivity contribution in [2.45, 2.75) is 219 Å². The molecule has 2 atom stereocenters. The number of carbonyl (C=O) groups is 1. The van der Waals surface area contributed by atoms with Crippen LogP contribution in [0.2, 0.25) is 0 Å². The van der Waals surface area contributed by atoms with Crippen LogP contribution in [0.5, 0.6) is 0 Å². The molecule has 4 nitrogen and oxygen atoms in total. The Morgan fingerprint density at radius 1 is 0.622 bits per heavy atom. The highest BCUT2D eigenvalue weighted by molar-refractivity contribution is 5.76. The average molecular weight is 633 g/mol. The third-order valence-electron chi connectivity index (χ3n) is 10.8. The molecule has 1 heterocycles. The molecule has 1 aliphatic rings. The van der Waals surface area contributed by atoms with Crippen LogP contribution >= 0.6 is 0 Å². The molecular formula is C41H82N3O+. The first-order valence-corrected chi connectivity index (χ1v) is 20.6. The first kappa shape index (κ1) is 42.1. The molecule has 0 saturated carbocycles. The van der Waals surface area contributed by atoms with E-state index in [2.05, 4.69) is 20.9 Å². The van der Waals surface area contributed by atoms with Crippen molar-refractivity contribution in [1.29, 1.82) is 0 Å². The molecule has 0 spiro atoms. The molecule has 0 radical (unpaired) electrons. The van der Waals surface area contributed by atoms with Gasteiger partial charge in [-0.3, -0.25) is 9.28 Å². The molecule has 1 aliphatic heterocycles. The molecule has 0 saturated heterocycles. The van der Waals surface area contributed by atoms with Gasteiger partial charge in [-0.15, -0.1) is 0 Å². The molecule has 1 rings (SSSR count). The lowest BCUT2D eigenvalue weighted by atomic mass is 9.98. The third-order valence-corrected chi connectivity index (χ3v) is 10.8. The van der Waals surface area contributed by atoms with Crippen molar-refractivity contribution in [3.05, 3.63) is 0 Å².